The number of rotatable bonds is 4. The van der Waals surface area contributed by atoms with Crippen molar-refractivity contribution in [2.24, 2.45) is 4.40 Å². The molecule has 0 aliphatic carbocycles. The van der Waals surface area contributed by atoms with Crippen molar-refractivity contribution in [1.29, 1.82) is 0 Å². The Morgan fingerprint density at radius 3 is 2.52 bits per heavy atom. The Kier molecular flexibility index (Phi) is 5.85. The molecule has 0 atom stereocenters. The fraction of sp³-hybridized carbons (Fsp3) is 0.318. The Morgan fingerprint density at radius 1 is 1.00 bits per heavy atom. The van der Waals surface area contributed by atoms with Gasteiger partial charge in [-0.3, -0.25) is 14.5 Å². The number of sulfonamides is 1. The lowest BCUT2D eigenvalue weighted by atomic mass is 10.1. The van der Waals surface area contributed by atoms with Crippen LogP contribution in [0.15, 0.2) is 57.8 Å². The van der Waals surface area contributed by atoms with Gasteiger partial charge < -0.3 is 15.1 Å². The molecule has 1 N–H and O–H groups in total. The van der Waals surface area contributed by atoms with Crippen LogP contribution in [0.1, 0.15) is 10.4 Å². The van der Waals surface area contributed by atoms with Gasteiger partial charge in [0.1, 0.15) is 0 Å². The first-order valence-electron chi connectivity index (χ1n) is 10.7. The van der Waals surface area contributed by atoms with E-state index in [2.05, 4.69) is 9.71 Å². The summed E-state index contributed by atoms with van der Waals surface area (Å²) in [6, 6.07) is 14.8. The first-order valence-corrected chi connectivity index (χ1v) is 13.1. The number of piperazine rings is 1. The number of hydrogen-bond donors (Lipinski definition) is 1. The van der Waals surface area contributed by atoms with Crippen LogP contribution in [0.4, 0.5) is 11.4 Å². The third-order valence-electron chi connectivity index (χ3n) is 5.80. The molecule has 2 aromatic carbocycles. The number of anilines is 2. The molecule has 0 radical (unpaired) electrons. The van der Waals surface area contributed by atoms with Gasteiger partial charge in [0.05, 0.1) is 18.0 Å². The lowest BCUT2D eigenvalue weighted by Crippen LogP contribution is -2.50. The average molecular weight is 486 g/mol. The van der Waals surface area contributed by atoms with Gasteiger partial charge in [-0.25, -0.2) is 8.42 Å². The van der Waals surface area contributed by atoms with Gasteiger partial charge in [-0.05, 0) is 42.1 Å². The quantitative estimate of drug-likeness (QED) is 0.703. The van der Waals surface area contributed by atoms with E-state index in [1.54, 1.807) is 11.0 Å². The molecule has 3 heterocycles. The Bertz CT molecular complexity index is 1220. The molecular weight excluding hydrogens is 462 g/mol. The van der Waals surface area contributed by atoms with Crippen molar-refractivity contribution in [3.05, 3.63) is 54.1 Å². The van der Waals surface area contributed by atoms with Crippen LogP contribution in [0.25, 0.3) is 0 Å². The van der Waals surface area contributed by atoms with Crippen molar-refractivity contribution in [2.45, 2.75) is 4.90 Å². The molecule has 172 valence electrons. The van der Waals surface area contributed by atoms with Crippen molar-refractivity contribution >= 4 is 50.1 Å². The number of amides is 2. The lowest BCUT2D eigenvalue weighted by Gasteiger charge is -2.34. The second kappa shape index (κ2) is 8.81. The highest BCUT2D eigenvalue weighted by molar-refractivity contribution is 8.15. The van der Waals surface area contributed by atoms with E-state index in [1.807, 2.05) is 52.3 Å². The molecule has 3 aliphatic heterocycles. The molecule has 3 aliphatic rings. The normalized spacial score (nSPS) is 19.5. The maximum Gasteiger partial charge on any atom is 0.257 e. The van der Waals surface area contributed by atoms with Gasteiger partial charge in [-0.2, -0.15) is 0 Å². The number of hydrogen-bond acceptors (Lipinski definition) is 7. The monoisotopic (exact) mass is 485 g/mol. The van der Waals surface area contributed by atoms with Crippen molar-refractivity contribution in [3.8, 4) is 0 Å². The zero-order valence-corrected chi connectivity index (χ0v) is 19.4. The van der Waals surface area contributed by atoms with Crippen molar-refractivity contribution in [3.63, 3.8) is 0 Å². The molecule has 2 aromatic rings. The summed E-state index contributed by atoms with van der Waals surface area (Å²) >= 11 is 1.28. The minimum absolute atomic E-state index is 0.00910. The number of nitrogens with one attached hydrogen (secondary N) is 1. The molecule has 0 saturated carbocycles. The summed E-state index contributed by atoms with van der Waals surface area (Å²) in [5.41, 5.74) is 2.23. The predicted molar refractivity (Wildman–Crippen MR) is 128 cm³/mol. The molecule has 0 unspecified atom stereocenters. The molecule has 0 spiro atoms. The second-order valence-electron chi connectivity index (χ2n) is 8.08. The van der Waals surface area contributed by atoms with E-state index in [0.717, 1.165) is 16.3 Å². The molecule has 5 rings (SSSR count). The first-order chi connectivity index (χ1) is 15.9. The Morgan fingerprint density at radius 2 is 1.76 bits per heavy atom. The molecule has 1 saturated heterocycles. The van der Waals surface area contributed by atoms with Crippen LogP contribution in [0.3, 0.4) is 0 Å². The number of carbonyl (C=O) groups excluding carboxylic acids is 2. The van der Waals surface area contributed by atoms with Gasteiger partial charge in [0.15, 0.2) is 5.17 Å². The Hall–Kier alpha value is -2.89. The Labute approximate surface area is 196 Å². The maximum absolute atomic E-state index is 13.1. The predicted octanol–water partition coefficient (Wildman–Crippen LogP) is 1.69. The molecule has 11 heteroatoms. The summed E-state index contributed by atoms with van der Waals surface area (Å²) in [6.45, 7) is 2.98. The summed E-state index contributed by atoms with van der Waals surface area (Å²) in [7, 11) is -3.41. The summed E-state index contributed by atoms with van der Waals surface area (Å²) in [5.74, 6) is -0.144. The molecule has 2 amide bonds. The van der Waals surface area contributed by atoms with Gasteiger partial charge >= 0.3 is 0 Å². The van der Waals surface area contributed by atoms with E-state index in [9.17, 15) is 18.0 Å². The number of para-hydroxylation sites is 1. The van der Waals surface area contributed by atoms with Gasteiger partial charge in [0, 0.05) is 48.9 Å². The van der Waals surface area contributed by atoms with Crippen LogP contribution in [0, 0.1) is 0 Å². The summed E-state index contributed by atoms with van der Waals surface area (Å²) in [4.78, 5) is 31.9. The molecule has 33 heavy (non-hydrogen) atoms. The summed E-state index contributed by atoms with van der Waals surface area (Å²) in [5, 5.41) is 3.33. The van der Waals surface area contributed by atoms with Crippen LogP contribution < -0.4 is 10.2 Å². The van der Waals surface area contributed by atoms with E-state index in [0.29, 0.717) is 43.5 Å². The van der Waals surface area contributed by atoms with E-state index in [-0.39, 0.29) is 24.1 Å². The molecule has 9 nitrogen and oxygen atoms in total. The first kappa shape index (κ1) is 21.9. The second-order valence-corrected chi connectivity index (χ2v) is 10.8. The number of benzene rings is 2. The van der Waals surface area contributed by atoms with Crippen LogP contribution >= 0.6 is 11.8 Å². The van der Waals surface area contributed by atoms with Crippen molar-refractivity contribution in [2.75, 3.05) is 55.2 Å². The van der Waals surface area contributed by atoms with E-state index >= 15 is 0 Å². The average Bonchev–Trinajstić information content (AvgIpc) is 3.15. The third-order valence-corrected chi connectivity index (χ3v) is 8.11. The molecule has 0 aromatic heterocycles. The van der Waals surface area contributed by atoms with Crippen LogP contribution in [-0.2, 0) is 14.8 Å². The van der Waals surface area contributed by atoms with E-state index in [1.165, 1.54) is 11.8 Å². The molecule has 1 fully saturated rings. The lowest BCUT2D eigenvalue weighted by molar-refractivity contribution is -0.117. The minimum atomic E-state index is -3.41. The van der Waals surface area contributed by atoms with Gasteiger partial charge in [0.25, 0.3) is 15.9 Å². The fourth-order valence-electron chi connectivity index (χ4n) is 4.08. The molecule has 0 bridgehead atoms. The standard InChI is InChI=1S/C22H23N5O4S2/c28-20(23-17-4-2-1-3-5-17)15-25-8-10-26(11-9-25)21(29)16-6-7-18-19(14-16)32-22-24-33(30,31)13-12-27(18)22/h1-7,14H,8-13,15H2,(H,23,28). The summed E-state index contributed by atoms with van der Waals surface area (Å²) in [6.07, 6.45) is 0. The van der Waals surface area contributed by atoms with Crippen LogP contribution in [0.2, 0.25) is 0 Å². The highest BCUT2D eigenvalue weighted by Crippen LogP contribution is 2.42. The molecular formula is C22H23N5O4S2. The maximum atomic E-state index is 13.1. The van der Waals surface area contributed by atoms with Crippen LogP contribution in [-0.4, -0.2) is 80.2 Å². The smallest absolute Gasteiger partial charge is 0.257 e. The topological polar surface area (TPSA) is 102 Å². The largest absolute Gasteiger partial charge is 0.336 e. The number of amidine groups is 1. The summed E-state index contributed by atoms with van der Waals surface area (Å²) < 4.78 is 27.4. The van der Waals surface area contributed by atoms with E-state index in [4.69, 9.17) is 0 Å². The van der Waals surface area contributed by atoms with Gasteiger partial charge in [0.2, 0.25) is 5.91 Å². The number of fused-ring (bicyclic) bond motifs is 3. The van der Waals surface area contributed by atoms with Gasteiger partial charge in [-0.15, -0.1) is 4.40 Å². The number of thioether (sulfide) groups is 1. The SMILES string of the molecule is O=C(CN1CCN(C(=O)c2ccc3c(c2)SC2=NS(=O)(=O)CCN23)CC1)Nc1ccccc1. The minimum Gasteiger partial charge on any atom is -0.336 e. The fourth-order valence-corrected chi connectivity index (χ4v) is 6.38. The Balaban J connectivity index is 1.18. The highest BCUT2D eigenvalue weighted by Gasteiger charge is 2.34. The van der Waals surface area contributed by atoms with Crippen molar-refractivity contribution < 1.29 is 18.0 Å². The van der Waals surface area contributed by atoms with Gasteiger partial charge in [-0.1, -0.05) is 18.2 Å². The number of carbonyl (C=O) groups is 2. The van der Waals surface area contributed by atoms with Crippen LogP contribution in [0.5, 0.6) is 0 Å². The highest BCUT2D eigenvalue weighted by atomic mass is 32.2. The van der Waals surface area contributed by atoms with E-state index < -0.39 is 10.0 Å². The zero-order chi connectivity index (χ0) is 23.0. The third kappa shape index (κ3) is 4.75. The van der Waals surface area contributed by atoms with Crippen molar-refractivity contribution in [1.82, 2.24) is 9.80 Å². The number of nitrogens with zero attached hydrogens (tertiary/aromatic N) is 4. The zero-order valence-electron chi connectivity index (χ0n) is 17.8.